The van der Waals surface area contributed by atoms with E-state index >= 15 is 0 Å². The molecule has 3 N–H and O–H groups in total. The van der Waals surface area contributed by atoms with Gasteiger partial charge in [-0.2, -0.15) is 0 Å². The fourth-order valence-electron chi connectivity index (χ4n) is 4.13. The van der Waals surface area contributed by atoms with Gasteiger partial charge in [-0.25, -0.2) is 9.59 Å². The number of aromatic hydroxyl groups is 1. The van der Waals surface area contributed by atoms with Crippen LogP contribution in [0.2, 0.25) is 0 Å². The first kappa shape index (κ1) is 28.3. The Kier molecular flexibility index (Phi) is 9.46. The maximum Gasteiger partial charge on any atom is 0.414 e. The maximum atomic E-state index is 10.9. The number of aliphatic carboxylic acids is 2. The lowest BCUT2D eigenvalue weighted by Gasteiger charge is -2.35. The highest BCUT2D eigenvalue weighted by atomic mass is 16.4. The van der Waals surface area contributed by atoms with Gasteiger partial charge in [-0.3, -0.25) is 9.80 Å². The molecule has 0 aromatic heterocycles. The molecule has 1 aliphatic heterocycles. The summed E-state index contributed by atoms with van der Waals surface area (Å²) in [5.74, 6) is -3.17. The summed E-state index contributed by atoms with van der Waals surface area (Å²) in [5.41, 5.74) is 4.67. The Hall–Kier alpha value is -2.90. The van der Waals surface area contributed by atoms with Gasteiger partial charge in [0.25, 0.3) is 0 Å². The largest absolute Gasteiger partial charge is 0.507 e. The lowest BCUT2D eigenvalue weighted by Crippen LogP contribution is -2.45. The van der Waals surface area contributed by atoms with Gasteiger partial charge in [-0.15, -0.1) is 0 Å². The zero-order chi connectivity index (χ0) is 26.4. The highest BCUT2D eigenvalue weighted by molar-refractivity contribution is 6.27. The van der Waals surface area contributed by atoms with E-state index in [0.29, 0.717) is 5.75 Å². The van der Waals surface area contributed by atoms with Crippen LogP contribution in [0, 0.1) is 0 Å². The zero-order valence-corrected chi connectivity index (χ0v) is 21.8. The molecule has 0 bridgehead atoms. The van der Waals surface area contributed by atoms with Crippen molar-refractivity contribution < 1.29 is 24.9 Å². The van der Waals surface area contributed by atoms with Crippen LogP contribution in [0.5, 0.6) is 5.75 Å². The van der Waals surface area contributed by atoms with Crippen LogP contribution in [0.1, 0.15) is 63.8 Å². The molecule has 0 atom stereocenters. The van der Waals surface area contributed by atoms with E-state index in [9.17, 15) is 5.11 Å². The van der Waals surface area contributed by atoms with Gasteiger partial charge in [0.2, 0.25) is 0 Å². The summed E-state index contributed by atoms with van der Waals surface area (Å²) in [6.07, 6.45) is 0. The van der Waals surface area contributed by atoms with Gasteiger partial charge in [-0.1, -0.05) is 84.0 Å². The maximum absolute atomic E-state index is 10.9. The van der Waals surface area contributed by atoms with Gasteiger partial charge in [0.05, 0.1) is 0 Å². The summed E-state index contributed by atoms with van der Waals surface area (Å²) in [6, 6.07) is 15.2. The van der Waals surface area contributed by atoms with Crippen molar-refractivity contribution in [3.63, 3.8) is 0 Å². The van der Waals surface area contributed by atoms with Crippen LogP contribution in [0.15, 0.2) is 42.5 Å². The van der Waals surface area contributed by atoms with Crippen molar-refractivity contribution in [1.82, 2.24) is 9.80 Å². The Labute approximate surface area is 209 Å². The molecule has 0 unspecified atom stereocenters. The van der Waals surface area contributed by atoms with Gasteiger partial charge in [0.1, 0.15) is 5.75 Å². The SMILES string of the molecule is CC(C)(C)c1cc(CN2CCN(Cc3ccccc3)CC2)cc(C(C)(C)C)c1O.O=C(O)C(=O)O. The predicted molar refractivity (Wildman–Crippen MR) is 138 cm³/mol. The van der Waals surface area contributed by atoms with E-state index in [1.807, 2.05) is 0 Å². The van der Waals surface area contributed by atoms with Gasteiger partial charge < -0.3 is 15.3 Å². The summed E-state index contributed by atoms with van der Waals surface area (Å²) in [5, 5.41) is 25.7. The van der Waals surface area contributed by atoms with E-state index < -0.39 is 11.9 Å². The molecule has 0 saturated carbocycles. The number of carboxylic acid groups (broad SMARTS) is 2. The molecule has 1 fully saturated rings. The average Bonchev–Trinajstić information content (AvgIpc) is 2.76. The predicted octanol–water partition coefficient (Wildman–Crippen LogP) is 4.46. The summed E-state index contributed by atoms with van der Waals surface area (Å²) >= 11 is 0. The third kappa shape index (κ3) is 8.67. The van der Waals surface area contributed by atoms with Crippen LogP contribution in [-0.4, -0.2) is 63.2 Å². The minimum absolute atomic E-state index is 0.0749. The lowest BCUT2D eigenvalue weighted by atomic mass is 9.78. The molecule has 0 radical (unpaired) electrons. The van der Waals surface area contributed by atoms with E-state index in [1.54, 1.807) is 0 Å². The van der Waals surface area contributed by atoms with Gasteiger partial charge in [0.15, 0.2) is 0 Å². The van der Waals surface area contributed by atoms with Gasteiger partial charge >= 0.3 is 11.9 Å². The van der Waals surface area contributed by atoms with Crippen LogP contribution in [0.25, 0.3) is 0 Å². The number of carbonyl (C=O) groups is 2. The molecule has 7 nitrogen and oxygen atoms in total. The number of carboxylic acids is 2. The fraction of sp³-hybridized carbons (Fsp3) is 0.500. The molecular weight excluding hydrogens is 444 g/mol. The Bertz CT molecular complexity index is 951. The molecule has 1 heterocycles. The van der Waals surface area contributed by atoms with E-state index in [-0.39, 0.29) is 10.8 Å². The second-order valence-corrected chi connectivity index (χ2v) is 11.2. The summed E-state index contributed by atoms with van der Waals surface area (Å²) < 4.78 is 0. The van der Waals surface area contributed by atoms with E-state index in [0.717, 1.165) is 50.4 Å². The molecular formula is C28H40N2O5. The highest BCUT2D eigenvalue weighted by Crippen LogP contribution is 2.40. The van der Waals surface area contributed by atoms with Gasteiger partial charge in [-0.05, 0) is 33.1 Å². The third-order valence-corrected chi connectivity index (χ3v) is 6.09. The molecule has 1 saturated heterocycles. The first-order chi connectivity index (χ1) is 16.2. The lowest BCUT2D eigenvalue weighted by molar-refractivity contribution is -0.159. The van der Waals surface area contributed by atoms with E-state index in [1.165, 1.54) is 11.1 Å². The smallest absolute Gasteiger partial charge is 0.414 e. The molecule has 0 amide bonds. The third-order valence-electron chi connectivity index (χ3n) is 6.09. The topological polar surface area (TPSA) is 101 Å². The molecule has 0 spiro atoms. The van der Waals surface area contributed by atoms with Crippen LogP contribution in [0.4, 0.5) is 0 Å². The van der Waals surface area contributed by atoms with Crippen molar-refractivity contribution in [2.75, 3.05) is 26.2 Å². The van der Waals surface area contributed by atoms with Crippen molar-refractivity contribution in [3.05, 3.63) is 64.7 Å². The highest BCUT2D eigenvalue weighted by Gasteiger charge is 2.27. The van der Waals surface area contributed by atoms with Crippen molar-refractivity contribution in [1.29, 1.82) is 0 Å². The van der Waals surface area contributed by atoms with Gasteiger partial charge in [0, 0.05) is 39.3 Å². The average molecular weight is 485 g/mol. The van der Waals surface area contributed by atoms with Crippen LogP contribution < -0.4 is 0 Å². The molecule has 192 valence electrons. The standard InChI is InChI=1S/C26H38N2O.C2H2O4/c1-25(2,3)22-16-21(17-23(24(22)29)26(4,5)6)19-28-14-12-27(13-15-28)18-20-10-8-7-9-11-20;3-1(4)2(5)6/h7-11,16-17,29H,12-15,18-19H2,1-6H3;(H,3,4)(H,5,6). The summed E-state index contributed by atoms with van der Waals surface area (Å²) in [4.78, 5) is 23.3. The van der Waals surface area contributed by atoms with E-state index in [4.69, 9.17) is 19.8 Å². The normalized spacial score (nSPS) is 15.3. The number of phenolic OH excluding ortho intramolecular Hbond substituents is 1. The second kappa shape index (κ2) is 11.7. The minimum atomic E-state index is -1.82. The number of piperazine rings is 1. The molecule has 0 aliphatic carbocycles. The Morgan fingerprint density at radius 3 is 1.43 bits per heavy atom. The minimum Gasteiger partial charge on any atom is -0.507 e. The Balaban J connectivity index is 0.000000641. The Morgan fingerprint density at radius 2 is 1.09 bits per heavy atom. The van der Waals surface area contributed by atoms with Crippen molar-refractivity contribution in [2.24, 2.45) is 0 Å². The monoisotopic (exact) mass is 484 g/mol. The molecule has 2 aromatic rings. The number of hydrogen-bond donors (Lipinski definition) is 3. The molecule has 2 aromatic carbocycles. The first-order valence-corrected chi connectivity index (χ1v) is 12.0. The summed E-state index contributed by atoms with van der Waals surface area (Å²) in [6.45, 7) is 19.5. The molecule has 7 heteroatoms. The molecule has 3 rings (SSSR count). The fourth-order valence-corrected chi connectivity index (χ4v) is 4.13. The molecule has 1 aliphatic rings. The number of hydrogen-bond acceptors (Lipinski definition) is 5. The van der Waals surface area contributed by atoms with E-state index in [2.05, 4.69) is 93.8 Å². The molecule has 35 heavy (non-hydrogen) atoms. The Morgan fingerprint density at radius 1 is 0.714 bits per heavy atom. The zero-order valence-electron chi connectivity index (χ0n) is 21.8. The number of rotatable bonds is 4. The first-order valence-electron chi connectivity index (χ1n) is 12.0. The van der Waals surface area contributed by atoms with Crippen LogP contribution >= 0.6 is 0 Å². The van der Waals surface area contributed by atoms with Crippen LogP contribution in [0.3, 0.4) is 0 Å². The van der Waals surface area contributed by atoms with Crippen molar-refractivity contribution in [2.45, 2.75) is 65.5 Å². The van der Waals surface area contributed by atoms with Crippen molar-refractivity contribution >= 4 is 11.9 Å². The number of nitrogens with zero attached hydrogens (tertiary/aromatic N) is 2. The van der Waals surface area contributed by atoms with Crippen LogP contribution in [-0.2, 0) is 33.5 Å². The summed E-state index contributed by atoms with van der Waals surface area (Å²) in [7, 11) is 0. The number of benzene rings is 2. The van der Waals surface area contributed by atoms with Crippen molar-refractivity contribution in [3.8, 4) is 5.75 Å². The second-order valence-electron chi connectivity index (χ2n) is 11.2. The quantitative estimate of drug-likeness (QED) is 0.551. The number of phenols is 1.